The van der Waals surface area contributed by atoms with Crippen molar-refractivity contribution >= 4 is 28.6 Å². The van der Waals surface area contributed by atoms with Gasteiger partial charge in [0.15, 0.2) is 17.5 Å². The Morgan fingerprint density at radius 2 is 1.63 bits per heavy atom. The number of hydrogen-bond acceptors (Lipinski definition) is 3. The van der Waals surface area contributed by atoms with Crippen LogP contribution in [-0.4, -0.2) is 52.2 Å². The Morgan fingerprint density at radius 1 is 0.974 bits per heavy atom. The van der Waals surface area contributed by atoms with Gasteiger partial charge in [0.2, 0.25) is 0 Å². The van der Waals surface area contributed by atoms with Crippen LogP contribution in [0.25, 0.3) is 10.9 Å². The highest BCUT2D eigenvalue weighted by atomic mass is 19.2. The fourth-order valence-electron chi connectivity index (χ4n) is 5.93. The number of amides is 2. The number of carboxylic acid groups (broad SMARTS) is 1. The molecule has 1 saturated carbocycles. The van der Waals surface area contributed by atoms with Crippen LogP contribution in [0.4, 0.5) is 23.7 Å². The summed E-state index contributed by atoms with van der Waals surface area (Å²) in [6, 6.07) is 8.54. The molecule has 0 radical (unpaired) electrons. The lowest BCUT2D eigenvalue weighted by Gasteiger charge is -2.37. The number of benzene rings is 2. The molecule has 4 N–H and O–H groups in total. The number of piperidine rings is 1. The monoisotopic (exact) mass is 528 g/mol. The van der Waals surface area contributed by atoms with Gasteiger partial charge < -0.3 is 25.6 Å². The molecule has 2 aliphatic rings. The minimum atomic E-state index is -1.59. The van der Waals surface area contributed by atoms with Crippen LogP contribution in [0.5, 0.6) is 0 Å². The van der Waals surface area contributed by atoms with Crippen molar-refractivity contribution in [3.05, 3.63) is 65.6 Å². The van der Waals surface area contributed by atoms with E-state index in [4.69, 9.17) is 0 Å². The molecule has 5 rings (SSSR count). The highest BCUT2D eigenvalue weighted by Gasteiger charge is 2.35. The zero-order valence-electron chi connectivity index (χ0n) is 20.9. The molecule has 1 aliphatic heterocycles. The number of fused-ring (bicyclic) bond motifs is 1. The summed E-state index contributed by atoms with van der Waals surface area (Å²) in [4.78, 5) is 29.5. The molecule has 10 heteroatoms. The number of nitrogens with zero attached hydrogens (tertiary/aromatic N) is 1. The zero-order valence-corrected chi connectivity index (χ0v) is 20.9. The lowest BCUT2D eigenvalue weighted by molar-refractivity contribution is -0.141. The van der Waals surface area contributed by atoms with Gasteiger partial charge in [-0.2, -0.15) is 0 Å². The number of carboxylic acids is 1. The molecule has 0 spiro atoms. The molecule has 1 unspecified atom stereocenters. The first-order chi connectivity index (χ1) is 18.3. The Kier molecular flexibility index (Phi) is 7.60. The van der Waals surface area contributed by atoms with Gasteiger partial charge in [-0.3, -0.25) is 4.79 Å². The molecule has 2 fully saturated rings. The summed E-state index contributed by atoms with van der Waals surface area (Å²) in [6.07, 6.45) is 6.79. The molecule has 7 nitrogen and oxygen atoms in total. The molecule has 202 valence electrons. The Balaban J connectivity index is 1.13. The largest absolute Gasteiger partial charge is 0.480 e. The number of aromatic amines is 1. The van der Waals surface area contributed by atoms with Crippen molar-refractivity contribution in [2.24, 2.45) is 5.92 Å². The van der Waals surface area contributed by atoms with E-state index in [9.17, 15) is 27.9 Å². The molecular formula is C28H31F3N4O3. The van der Waals surface area contributed by atoms with E-state index >= 15 is 0 Å². The van der Waals surface area contributed by atoms with Crippen LogP contribution in [0.1, 0.15) is 50.0 Å². The summed E-state index contributed by atoms with van der Waals surface area (Å²) < 4.78 is 40.1. The maximum atomic E-state index is 13.5. The molecule has 2 aromatic carbocycles. The molecule has 1 saturated heterocycles. The molecule has 0 bridgehead atoms. The number of anilines is 1. The second-order valence-electron chi connectivity index (χ2n) is 10.3. The second-order valence-corrected chi connectivity index (χ2v) is 10.3. The lowest BCUT2D eigenvalue weighted by atomic mass is 9.80. The molecule has 1 aromatic heterocycles. The number of carbonyl (C=O) groups excluding carboxylic acids is 1. The summed E-state index contributed by atoms with van der Waals surface area (Å²) >= 11 is 0. The van der Waals surface area contributed by atoms with Gasteiger partial charge in [-0.15, -0.1) is 0 Å². The molecular weight excluding hydrogens is 497 g/mol. The third-order valence-corrected chi connectivity index (χ3v) is 8.00. The van der Waals surface area contributed by atoms with Crippen molar-refractivity contribution in [3.8, 4) is 0 Å². The first-order valence-corrected chi connectivity index (χ1v) is 13.1. The number of halogens is 3. The average molecular weight is 529 g/mol. The number of carbonyl (C=O) groups is 2. The van der Waals surface area contributed by atoms with E-state index in [-0.39, 0.29) is 17.6 Å². The van der Waals surface area contributed by atoms with E-state index in [2.05, 4.69) is 33.9 Å². The van der Waals surface area contributed by atoms with Crippen molar-refractivity contribution in [1.29, 1.82) is 0 Å². The predicted octanol–water partition coefficient (Wildman–Crippen LogP) is 5.60. The van der Waals surface area contributed by atoms with E-state index in [1.165, 1.54) is 15.8 Å². The summed E-state index contributed by atoms with van der Waals surface area (Å²) in [7, 11) is 0. The number of urea groups is 1. The van der Waals surface area contributed by atoms with Crippen molar-refractivity contribution < 1.29 is 27.9 Å². The SMILES string of the molecule is O=C(O)C(NC1CCC(c2c[nH]c3ccccc23)CC1)C1CCN(C(=O)Nc2cc(F)c(F)c(F)c2)CC1. The Hall–Kier alpha value is -3.53. The topological polar surface area (TPSA) is 97.5 Å². The Bertz CT molecular complexity index is 1290. The van der Waals surface area contributed by atoms with E-state index in [0.29, 0.717) is 31.8 Å². The highest BCUT2D eigenvalue weighted by Crippen LogP contribution is 2.37. The van der Waals surface area contributed by atoms with E-state index in [0.717, 1.165) is 43.3 Å². The fraction of sp³-hybridized carbons (Fsp3) is 0.429. The summed E-state index contributed by atoms with van der Waals surface area (Å²) in [6.45, 7) is 0.614. The van der Waals surface area contributed by atoms with Gasteiger partial charge >= 0.3 is 12.0 Å². The van der Waals surface area contributed by atoms with Crippen LogP contribution in [0.15, 0.2) is 42.6 Å². The van der Waals surface area contributed by atoms with Gasteiger partial charge in [0, 0.05) is 54.1 Å². The van der Waals surface area contributed by atoms with Gasteiger partial charge in [-0.05, 0) is 62.0 Å². The maximum absolute atomic E-state index is 13.5. The third kappa shape index (κ3) is 5.50. The summed E-state index contributed by atoms with van der Waals surface area (Å²) in [5.41, 5.74) is 2.28. The van der Waals surface area contributed by atoms with Gasteiger partial charge in [0.25, 0.3) is 0 Å². The average Bonchev–Trinajstić information content (AvgIpc) is 3.35. The minimum Gasteiger partial charge on any atom is -0.480 e. The van der Waals surface area contributed by atoms with E-state index < -0.39 is 35.5 Å². The smallest absolute Gasteiger partial charge is 0.321 e. The number of para-hydroxylation sites is 1. The molecule has 38 heavy (non-hydrogen) atoms. The third-order valence-electron chi connectivity index (χ3n) is 8.00. The van der Waals surface area contributed by atoms with Crippen LogP contribution in [-0.2, 0) is 4.79 Å². The van der Waals surface area contributed by atoms with Crippen molar-refractivity contribution in [1.82, 2.24) is 15.2 Å². The van der Waals surface area contributed by atoms with Crippen LogP contribution in [0.2, 0.25) is 0 Å². The molecule has 2 amide bonds. The normalized spacial score (nSPS) is 21.4. The standard InChI is InChI=1S/C28H31F3N4O3/c29-22-13-19(14-23(30)25(22)31)34-28(38)35-11-9-17(10-12-35)26(27(36)37)33-18-7-5-16(6-8-18)21-15-32-24-4-2-1-3-20(21)24/h1-4,13-18,26,32-33H,5-12H2,(H,34,38)(H,36,37). The van der Waals surface area contributed by atoms with E-state index in [1.807, 2.05) is 12.1 Å². The first-order valence-electron chi connectivity index (χ1n) is 13.1. The van der Waals surface area contributed by atoms with E-state index in [1.54, 1.807) is 0 Å². The number of hydrogen-bond donors (Lipinski definition) is 4. The number of nitrogens with one attached hydrogen (secondary N) is 3. The zero-order chi connectivity index (χ0) is 26.8. The molecule has 3 aromatic rings. The summed E-state index contributed by atoms with van der Waals surface area (Å²) in [5, 5.41) is 17.0. The maximum Gasteiger partial charge on any atom is 0.321 e. The quantitative estimate of drug-likeness (QED) is 0.313. The van der Waals surface area contributed by atoms with Crippen LogP contribution in [0, 0.1) is 23.4 Å². The second kappa shape index (κ2) is 11.1. The number of rotatable bonds is 6. The fourth-order valence-corrected chi connectivity index (χ4v) is 5.93. The minimum absolute atomic E-state index is 0.113. The Labute approximate surface area is 218 Å². The Morgan fingerprint density at radius 3 is 2.29 bits per heavy atom. The number of H-pyrrole nitrogens is 1. The highest BCUT2D eigenvalue weighted by molar-refractivity contribution is 5.89. The van der Waals surface area contributed by atoms with Gasteiger partial charge in [-0.25, -0.2) is 18.0 Å². The summed E-state index contributed by atoms with van der Waals surface area (Å²) in [5.74, 6) is -4.97. The number of aromatic nitrogens is 1. The lowest BCUT2D eigenvalue weighted by Crippen LogP contribution is -2.52. The van der Waals surface area contributed by atoms with Gasteiger partial charge in [0.1, 0.15) is 6.04 Å². The van der Waals surface area contributed by atoms with Gasteiger partial charge in [0.05, 0.1) is 0 Å². The van der Waals surface area contributed by atoms with Crippen LogP contribution in [0.3, 0.4) is 0 Å². The van der Waals surface area contributed by atoms with Crippen molar-refractivity contribution in [3.63, 3.8) is 0 Å². The van der Waals surface area contributed by atoms with Crippen LogP contribution < -0.4 is 10.6 Å². The molecule has 1 aliphatic carbocycles. The number of aliphatic carboxylic acids is 1. The predicted molar refractivity (Wildman–Crippen MR) is 137 cm³/mol. The molecule has 2 heterocycles. The number of likely N-dealkylation sites (tertiary alicyclic amines) is 1. The van der Waals surface area contributed by atoms with Crippen LogP contribution >= 0.6 is 0 Å². The van der Waals surface area contributed by atoms with Crippen molar-refractivity contribution in [2.75, 3.05) is 18.4 Å². The van der Waals surface area contributed by atoms with Gasteiger partial charge in [-0.1, -0.05) is 18.2 Å². The first kappa shape index (κ1) is 26.1. The van der Waals surface area contributed by atoms with Crippen molar-refractivity contribution in [2.45, 2.75) is 56.5 Å². The molecule has 1 atom stereocenters.